The molecule has 1 unspecified atom stereocenters. The van der Waals surface area contributed by atoms with E-state index in [1.165, 1.54) is 18.2 Å². The minimum absolute atomic E-state index is 0.0328. The van der Waals surface area contributed by atoms with Gasteiger partial charge in [-0.3, -0.25) is 4.79 Å². The number of benzene rings is 2. The molecule has 132 valence electrons. The molecule has 0 saturated carbocycles. The molecular weight excluding hydrogens is 355 g/mol. The monoisotopic (exact) mass is 370 g/mol. The number of aromatic nitrogens is 2. The molecule has 3 rings (SSSR count). The van der Waals surface area contributed by atoms with Gasteiger partial charge >= 0.3 is 0 Å². The molecule has 3 aromatic rings. The summed E-state index contributed by atoms with van der Waals surface area (Å²) >= 11 is 5.88. The fraction of sp³-hybridized carbons (Fsp3) is 0.105. The highest BCUT2D eigenvalue weighted by atomic mass is 35.5. The van der Waals surface area contributed by atoms with Gasteiger partial charge < -0.3 is 10.6 Å². The first-order valence-electron chi connectivity index (χ1n) is 7.95. The molecule has 1 amide bonds. The van der Waals surface area contributed by atoms with E-state index in [4.69, 9.17) is 11.6 Å². The zero-order chi connectivity index (χ0) is 18.5. The number of nitrogens with one attached hydrogen (secondary N) is 2. The lowest BCUT2D eigenvalue weighted by Gasteiger charge is -2.14. The van der Waals surface area contributed by atoms with Gasteiger partial charge in [0.25, 0.3) is 5.91 Å². The van der Waals surface area contributed by atoms with E-state index in [1.807, 2.05) is 37.3 Å². The lowest BCUT2D eigenvalue weighted by molar-refractivity contribution is 0.102. The van der Waals surface area contributed by atoms with Crippen molar-refractivity contribution in [2.45, 2.75) is 13.0 Å². The van der Waals surface area contributed by atoms with Gasteiger partial charge in [0.15, 0.2) is 5.82 Å². The van der Waals surface area contributed by atoms with Crippen molar-refractivity contribution in [3.63, 3.8) is 0 Å². The number of amides is 1. The second-order valence-corrected chi connectivity index (χ2v) is 6.04. The molecule has 0 aliphatic rings. The lowest BCUT2D eigenvalue weighted by Crippen LogP contribution is -2.16. The quantitative estimate of drug-likeness (QED) is 0.683. The van der Waals surface area contributed by atoms with Crippen LogP contribution in [0.25, 0.3) is 0 Å². The lowest BCUT2D eigenvalue weighted by atomic mass is 10.1. The van der Waals surface area contributed by atoms with Crippen molar-refractivity contribution < 1.29 is 9.18 Å². The van der Waals surface area contributed by atoms with Crippen LogP contribution in [-0.4, -0.2) is 16.1 Å². The Balaban J connectivity index is 1.67. The van der Waals surface area contributed by atoms with Gasteiger partial charge in [-0.2, -0.15) is 0 Å². The second kappa shape index (κ2) is 7.93. The van der Waals surface area contributed by atoms with Crippen molar-refractivity contribution in [2.75, 3.05) is 10.6 Å². The maximum atomic E-state index is 13.8. The third kappa shape index (κ3) is 4.15. The van der Waals surface area contributed by atoms with Crippen LogP contribution in [0.4, 0.5) is 16.0 Å². The average Bonchev–Trinajstić information content (AvgIpc) is 2.64. The molecule has 0 fully saturated rings. The molecule has 1 atom stereocenters. The molecule has 0 radical (unpaired) electrons. The summed E-state index contributed by atoms with van der Waals surface area (Å²) in [6.07, 6.45) is 0. The molecule has 0 saturated heterocycles. The number of halogens is 2. The SMILES string of the molecule is CC(Nc1ccc(NC(=O)c2c(F)cccc2Cl)nn1)c1ccccc1. The molecule has 0 aliphatic heterocycles. The summed E-state index contributed by atoms with van der Waals surface area (Å²) in [5, 5.41) is 13.7. The highest BCUT2D eigenvalue weighted by Crippen LogP contribution is 2.21. The Bertz CT molecular complexity index is 883. The van der Waals surface area contributed by atoms with Crippen molar-refractivity contribution in [3.8, 4) is 0 Å². The van der Waals surface area contributed by atoms with Gasteiger partial charge in [0, 0.05) is 6.04 Å². The van der Waals surface area contributed by atoms with Crippen LogP contribution in [0.1, 0.15) is 28.9 Å². The third-order valence-corrected chi connectivity index (χ3v) is 4.07. The smallest absolute Gasteiger partial charge is 0.261 e. The molecule has 1 heterocycles. The van der Waals surface area contributed by atoms with Gasteiger partial charge in [0.05, 0.1) is 10.6 Å². The van der Waals surface area contributed by atoms with Crippen LogP contribution < -0.4 is 10.6 Å². The topological polar surface area (TPSA) is 66.9 Å². The summed E-state index contributed by atoms with van der Waals surface area (Å²) in [6, 6.07) is 17.3. The summed E-state index contributed by atoms with van der Waals surface area (Å²) in [5.74, 6) is -0.616. The number of carbonyl (C=O) groups excluding carboxylic acids is 1. The number of nitrogens with zero attached hydrogens (tertiary/aromatic N) is 2. The van der Waals surface area contributed by atoms with E-state index in [2.05, 4.69) is 20.8 Å². The molecule has 0 aliphatic carbocycles. The molecule has 7 heteroatoms. The van der Waals surface area contributed by atoms with Crippen LogP contribution in [0.2, 0.25) is 5.02 Å². The maximum Gasteiger partial charge on any atom is 0.261 e. The van der Waals surface area contributed by atoms with Crippen LogP contribution in [-0.2, 0) is 0 Å². The Labute approximate surface area is 155 Å². The zero-order valence-corrected chi connectivity index (χ0v) is 14.7. The Kier molecular flexibility index (Phi) is 5.43. The minimum atomic E-state index is -0.696. The van der Waals surface area contributed by atoms with Crippen molar-refractivity contribution in [1.82, 2.24) is 10.2 Å². The van der Waals surface area contributed by atoms with Crippen LogP contribution in [0.3, 0.4) is 0 Å². The summed E-state index contributed by atoms with van der Waals surface area (Å²) in [7, 11) is 0. The molecule has 0 spiro atoms. The summed E-state index contributed by atoms with van der Waals surface area (Å²) in [4.78, 5) is 12.2. The first kappa shape index (κ1) is 17.8. The number of rotatable bonds is 5. The predicted molar refractivity (Wildman–Crippen MR) is 99.9 cm³/mol. The first-order valence-corrected chi connectivity index (χ1v) is 8.33. The molecule has 1 aromatic heterocycles. The Morgan fingerprint density at radius 1 is 1.00 bits per heavy atom. The third-order valence-electron chi connectivity index (χ3n) is 3.76. The van der Waals surface area contributed by atoms with Gasteiger partial charge in [-0.1, -0.05) is 48.0 Å². The van der Waals surface area contributed by atoms with Crippen molar-refractivity contribution in [1.29, 1.82) is 0 Å². The number of hydrogen-bond acceptors (Lipinski definition) is 4. The first-order chi connectivity index (χ1) is 12.5. The van der Waals surface area contributed by atoms with Crippen LogP contribution >= 0.6 is 11.6 Å². The Hall–Kier alpha value is -2.99. The van der Waals surface area contributed by atoms with Gasteiger partial charge in [-0.15, -0.1) is 10.2 Å². The Morgan fingerprint density at radius 2 is 1.69 bits per heavy atom. The van der Waals surface area contributed by atoms with Crippen molar-refractivity contribution in [2.24, 2.45) is 0 Å². The predicted octanol–water partition coefficient (Wildman–Crippen LogP) is 4.69. The van der Waals surface area contributed by atoms with E-state index in [-0.39, 0.29) is 22.4 Å². The molecule has 0 bridgehead atoms. The highest BCUT2D eigenvalue weighted by molar-refractivity contribution is 6.34. The van der Waals surface area contributed by atoms with E-state index < -0.39 is 11.7 Å². The normalized spacial score (nSPS) is 11.7. The van der Waals surface area contributed by atoms with Gasteiger partial charge in [0.2, 0.25) is 0 Å². The number of hydrogen-bond donors (Lipinski definition) is 2. The Morgan fingerprint density at radius 3 is 2.35 bits per heavy atom. The second-order valence-electron chi connectivity index (χ2n) is 5.63. The van der Waals surface area contributed by atoms with E-state index >= 15 is 0 Å². The summed E-state index contributed by atoms with van der Waals surface area (Å²) < 4.78 is 13.8. The van der Waals surface area contributed by atoms with Gasteiger partial charge in [-0.05, 0) is 36.8 Å². The van der Waals surface area contributed by atoms with E-state index in [1.54, 1.807) is 12.1 Å². The van der Waals surface area contributed by atoms with Crippen LogP contribution in [0, 0.1) is 5.82 Å². The summed E-state index contributed by atoms with van der Waals surface area (Å²) in [5.41, 5.74) is 0.886. The number of anilines is 2. The maximum absolute atomic E-state index is 13.8. The van der Waals surface area contributed by atoms with E-state index in [9.17, 15) is 9.18 Å². The van der Waals surface area contributed by atoms with Crippen LogP contribution in [0.5, 0.6) is 0 Å². The van der Waals surface area contributed by atoms with Crippen LogP contribution in [0.15, 0.2) is 60.7 Å². The zero-order valence-electron chi connectivity index (χ0n) is 13.9. The van der Waals surface area contributed by atoms with Gasteiger partial charge in [0.1, 0.15) is 11.6 Å². The largest absolute Gasteiger partial charge is 0.362 e. The van der Waals surface area contributed by atoms with Crippen molar-refractivity contribution >= 4 is 29.1 Å². The standard InChI is InChI=1S/C19H16ClFN4O/c1-12(13-6-3-2-4-7-13)22-16-10-11-17(25-24-16)23-19(26)18-14(20)8-5-9-15(18)21/h2-12H,1H3,(H,22,24)(H,23,25,26). The fourth-order valence-electron chi connectivity index (χ4n) is 2.42. The molecule has 2 N–H and O–H groups in total. The molecular formula is C19H16ClFN4O. The van der Waals surface area contributed by atoms with E-state index in [0.29, 0.717) is 5.82 Å². The number of carbonyl (C=O) groups is 1. The molecule has 5 nitrogen and oxygen atoms in total. The van der Waals surface area contributed by atoms with Gasteiger partial charge in [-0.25, -0.2) is 4.39 Å². The molecule has 26 heavy (non-hydrogen) atoms. The average molecular weight is 371 g/mol. The van der Waals surface area contributed by atoms with E-state index in [0.717, 1.165) is 5.56 Å². The van der Waals surface area contributed by atoms with Crippen molar-refractivity contribution in [3.05, 3.63) is 82.6 Å². The fourth-order valence-corrected chi connectivity index (χ4v) is 2.67. The highest BCUT2D eigenvalue weighted by Gasteiger charge is 2.16. The molecule has 2 aromatic carbocycles. The summed E-state index contributed by atoms with van der Waals surface area (Å²) in [6.45, 7) is 2.01. The minimum Gasteiger partial charge on any atom is -0.362 e.